The van der Waals surface area contributed by atoms with E-state index in [1.807, 2.05) is 7.05 Å². The summed E-state index contributed by atoms with van der Waals surface area (Å²) in [5.74, 6) is 0.195. The lowest BCUT2D eigenvalue weighted by Crippen LogP contribution is -2.39. The molecule has 0 aromatic carbocycles. The molecule has 7 heteroatoms. The minimum absolute atomic E-state index is 0.195. The Morgan fingerprint density at radius 2 is 2.32 bits per heavy atom. The Hall–Kier alpha value is -0.920. The smallest absolute Gasteiger partial charge is 0.211 e. The number of aryl methyl sites for hydroxylation is 1. The Morgan fingerprint density at radius 3 is 2.89 bits per heavy atom. The fourth-order valence-corrected chi connectivity index (χ4v) is 3.50. The number of imidazole rings is 1. The van der Waals surface area contributed by atoms with E-state index in [1.165, 1.54) is 10.6 Å². The van der Waals surface area contributed by atoms with Crippen molar-refractivity contribution in [2.45, 2.75) is 25.4 Å². The normalized spacial score (nSPS) is 23.4. The van der Waals surface area contributed by atoms with Crippen molar-refractivity contribution < 1.29 is 13.5 Å². The van der Waals surface area contributed by atoms with Crippen LogP contribution >= 0.6 is 0 Å². The molecule has 0 aliphatic carbocycles. The number of aromatic nitrogens is 2. The highest BCUT2D eigenvalue weighted by Gasteiger charge is 2.28. The summed E-state index contributed by atoms with van der Waals surface area (Å²) >= 11 is 0. The standard InChI is InChI=1S/C12H21N3O3S/c1-14-8-11(13-9-14)12(16)6-10-4-3-5-15(7-10)19(2,17)18/h8-10,12,16H,3-7H2,1-2H3. The van der Waals surface area contributed by atoms with Crippen LogP contribution in [0.15, 0.2) is 12.5 Å². The van der Waals surface area contributed by atoms with Crippen LogP contribution in [0.3, 0.4) is 0 Å². The number of piperidine rings is 1. The molecule has 1 aromatic rings. The summed E-state index contributed by atoms with van der Waals surface area (Å²) < 4.78 is 26.4. The van der Waals surface area contributed by atoms with Crippen LogP contribution in [0, 0.1) is 5.92 Å². The highest BCUT2D eigenvalue weighted by Crippen LogP contribution is 2.27. The number of aliphatic hydroxyl groups excluding tert-OH is 1. The van der Waals surface area contributed by atoms with Crippen LogP contribution in [0.4, 0.5) is 0 Å². The van der Waals surface area contributed by atoms with E-state index in [1.54, 1.807) is 17.1 Å². The summed E-state index contributed by atoms with van der Waals surface area (Å²) in [7, 11) is -1.27. The zero-order chi connectivity index (χ0) is 14.0. The van der Waals surface area contributed by atoms with Gasteiger partial charge < -0.3 is 9.67 Å². The van der Waals surface area contributed by atoms with Crippen LogP contribution in [0.1, 0.15) is 31.1 Å². The van der Waals surface area contributed by atoms with Crippen molar-refractivity contribution in [1.82, 2.24) is 13.9 Å². The first-order valence-corrected chi connectivity index (χ1v) is 8.32. The Labute approximate surface area is 114 Å². The second-order valence-corrected chi connectivity index (χ2v) is 7.33. The molecule has 1 aromatic heterocycles. The molecule has 2 atom stereocenters. The Balaban J connectivity index is 1.95. The molecule has 108 valence electrons. The third-order valence-electron chi connectivity index (χ3n) is 3.57. The predicted octanol–water partition coefficient (Wildman–Crippen LogP) is 0.515. The lowest BCUT2D eigenvalue weighted by Gasteiger charge is -2.31. The van der Waals surface area contributed by atoms with Gasteiger partial charge in [0.05, 0.1) is 24.4 Å². The van der Waals surface area contributed by atoms with E-state index in [-0.39, 0.29) is 5.92 Å². The zero-order valence-electron chi connectivity index (χ0n) is 11.4. The van der Waals surface area contributed by atoms with Gasteiger partial charge in [-0.3, -0.25) is 0 Å². The zero-order valence-corrected chi connectivity index (χ0v) is 12.2. The van der Waals surface area contributed by atoms with Gasteiger partial charge in [-0.25, -0.2) is 17.7 Å². The van der Waals surface area contributed by atoms with Crippen LogP contribution in [-0.2, 0) is 17.1 Å². The van der Waals surface area contributed by atoms with Gasteiger partial charge in [-0.2, -0.15) is 0 Å². The number of rotatable bonds is 4. The number of nitrogens with zero attached hydrogens (tertiary/aromatic N) is 3. The molecule has 1 N–H and O–H groups in total. The van der Waals surface area contributed by atoms with Gasteiger partial charge in [0.2, 0.25) is 10.0 Å². The van der Waals surface area contributed by atoms with Crippen LogP contribution in [-0.4, -0.2) is 46.7 Å². The Bertz CT molecular complexity index is 526. The summed E-state index contributed by atoms with van der Waals surface area (Å²) in [6.45, 7) is 1.09. The van der Waals surface area contributed by atoms with Gasteiger partial charge in [0.1, 0.15) is 0 Å². The summed E-state index contributed by atoms with van der Waals surface area (Å²) in [4.78, 5) is 4.13. The Morgan fingerprint density at radius 1 is 1.58 bits per heavy atom. The van der Waals surface area contributed by atoms with Crippen LogP contribution in [0.25, 0.3) is 0 Å². The molecular formula is C12H21N3O3S. The SMILES string of the molecule is Cn1cnc(C(O)CC2CCCN(S(C)(=O)=O)C2)c1. The number of hydrogen-bond donors (Lipinski definition) is 1. The average molecular weight is 287 g/mol. The molecule has 1 fully saturated rings. The molecule has 1 aliphatic rings. The van der Waals surface area contributed by atoms with Crippen molar-refractivity contribution in [2.24, 2.45) is 13.0 Å². The summed E-state index contributed by atoms with van der Waals surface area (Å²) in [6.07, 6.45) is 6.44. The van der Waals surface area contributed by atoms with Crippen LogP contribution in [0.2, 0.25) is 0 Å². The first kappa shape index (κ1) is 14.5. The fraction of sp³-hybridized carbons (Fsp3) is 0.750. The van der Waals surface area contributed by atoms with Gasteiger partial charge in [0.15, 0.2) is 0 Å². The molecule has 1 saturated heterocycles. The van der Waals surface area contributed by atoms with Crippen molar-refractivity contribution in [1.29, 1.82) is 0 Å². The van der Waals surface area contributed by atoms with Gasteiger partial charge in [-0.15, -0.1) is 0 Å². The molecule has 2 unspecified atom stereocenters. The van der Waals surface area contributed by atoms with E-state index in [0.29, 0.717) is 25.2 Å². The minimum atomic E-state index is -3.12. The van der Waals surface area contributed by atoms with E-state index < -0.39 is 16.1 Å². The molecule has 0 radical (unpaired) electrons. The molecule has 0 bridgehead atoms. The summed E-state index contributed by atoms with van der Waals surface area (Å²) in [6, 6.07) is 0. The van der Waals surface area contributed by atoms with Gasteiger partial charge in [0, 0.05) is 26.3 Å². The van der Waals surface area contributed by atoms with E-state index in [0.717, 1.165) is 12.8 Å². The first-order valence-electron chi connectivity index (χ1n) is 6.47. The molecule has 2 heterocycles. The van der Waals surface area contributed by atoms with E-state index in [4.69, 9.17) is 0 Å². The predicted molar refractivity (Wildman–Crippen MR) is 71.9 cm³/mol. The molecule has 0 amide bonds. The average Bonchev–Trinajstić information content (AvgIpc) is 2.75. The molecule has 6 nitrogen and oxygen atoms in total. The fourth-order valence-electron chi connectivity index (χ4n) is 2.56. The largest absolute Gasteiger partial charge is 0.387 e. The summed E-state index contributed by atoms with van der Waals surface area (Å²) in [5.41, 5.74) is 0.652. The number of aliphatic hydroxyl groups is 1. The third-order valence-corrected chi connectivity index (χ3v) is 4.84. The quantitative estimate of drug-likeness (QED) is 0.876. The second-order valence-electron chi connectivity index (χ2n) is 5.34. The molecule has 19 heavy (non-hydrogen) atoms. The van der Waals surface area contributed by atoms with Crippen LogP contribution in [0.5, 0.6) is 0 Å². The lowest BCUT2D eigenvalue weighted by atomic mass is 9.92. The van der Waals surface area contributed by atoms with Crippen LogP contribution < -0.4 is 0 Å². The van der Waals surface area contributed by atoms with E-state index in [9.17, 15) is 13.5 Å². The number of sulfonamides is 1. The number of hydrogen-bond acceptors (Lipinski definition) is 4. The first-order chi connectivity index (χ1) is 8.86. The second kappa shape index (κ2) is 5.60. The van der Waals surface area contributed by atoms with Gasteiger partial charge in [0.25, 0.3) is 0 Å². The molecular weight excluding hydrogens is 266 g/mol. The van der Waals surface area contributed by atoms with Crippen molar-refractivity contribution in [3.63, 3.8) is 0 Å². The van der Waals surface area contributed by atoms with Gasteiger partial charge in [-0.05, 0) is 25.2 Å². The van der Waals surface area contributed by atoms with Crippen molar-refractivity contribution in [3.8, 4) is 0 Å². The van der Waals surface area contributed by atoms with E-state index in [2.05, 4.69) is 4.98 Å². The molecule has 2 rings (SSSR count). The van der Waals surface area contributed by atoms with Gasteiger partial charge >= 0.3 is 0 Å². The molecule has 0 spiro atoms. The maximum absolute atomic E-state index is 11.5. The monoisotopic (exact) mass is 287 g/mol. The van der Waals surface area contributed by atoms with E-state index >= 15 is 0 Å². The minimum Gasteiger partial charge on any atom is -0.387 e. The van der Waals surface area contributed by atoms with Gasteiger partial charge in [-0.1, -0.05) is 0 Å². The Kier molecular flexibility index (Phi) is 4.27. The molecule has 1 aliphatic heterocycles. The topological polar surface area (TPSA) is 75.4 Å². The van der Waals surface area contributed by atoms with Crippen molar-refractivity contribution in [2.75, 3.05) is 19.3 Å². The highest BCUT2D eigenvalue weighted by molar-refractivity contribution is 7.88. The maximum Gasteiger partial charge on any atom is 0.211 e. The van der Waals surface area contributed by atoms with Crippen molar-refractivity contribution >= 4 is 10.0 Å². The summed E-state index contributed by atoms with van der Waals surface area (Å²) in [5, 5.41) is 10.1. The molecule has 0 saturated carbocycles. The highest BCUT2D eigenvalue weighted by atomic mass is 32.2. The maximum atomic E-state index is 11.5. The van der Waals surface area contributed by atoms with Crippen molar-refractivity contribution in [3.05, 3.63) is 18.2 Å². The third kappa shape index (κ3) is 3.77. The lowest BCUT2D eigenvalue weighted by molar-refractivity contribution is 0.119.